The minimum Gasteiger partial charge on any atom is -0.366 e. The fourth-order valence-corrected chi connectivity index (χ4v) is 2.70. The van der Waals surface area contributed by atoms with Crippen molar-refractivity contribution >= 4 is 11.6 Å². The van der Waals surface area contributed by atoms with Gasteiger partial charge in [0, 0.05) is 30.8 Å². The first-order valence-corrected chi connectivity index (χ1v) is 7.81. The van der Waals surface area contributed by atoms with Crippen LogP contribution in [0.25, 0.3) is 0 Å². The number of carbonyl (C=O) groups excluding carboxylic acids is 1. The van der Waals surface area contributed by atoms with E-state index in [9.17, 15) is 9.59 Å². The molecule has 0 unspecified atom stereocenters. The monoisotopic (exact) mass is 318 g/mol. The Morgan fingerprint density at radius 2 is 1.50 bits per heavy atom. The van der Waals surface area contributed by atoms with Gasteiger partial charge in [-0.05, 0) is 11.1 Å². The van der Waals surface area contributed by atoms with Gasteiger partial charge in [-0.2, -0.15) is 0 Å². The Morgan fingerprint density at radius 3 is 2.04 bits per heavy atom. The molecule has 2 aromatic carbocycles. The molecule has 0 aliphatic heterocycles. The van der Waals surface area contributed by atoms with Crippen LogP contribution in [0.2, 0.25) is 0 Å². The second-order valence-corrected chi connectivity index (χ2v) is 5.55. The molecule has 0 bridgehead atoms. The largest absolute Gasteiger partial charge is 0.366 e. The van der Waals surface area contributed by atoms with Crippen LogP contribution in [0.4, 0.5) is 5.69 Å². The van der Waals surface area contributed by atoms with E-state index in [1.165, 1.54) is 18.5 Å². The number of hydrogen-bond donors (Lipinski definition) is 2. The molecule has 0 aliphatic carbocycles. The summed E-state index contributed by atoms with van der Waals surface area (Å²) in [6.07, 6.45) is 3.30. The van der Waals surface area contributed by atoms with Gasteiger partial charge in [0.05, 0.1) is 0 Å². The summed E-state index contributed by atoms with van der Waals surface area (Å²) < 4.78 is 0. The van der Waals surface area contributed by atoms with E-state index in [1.807, 2.05) is 60.7 Å². The number of anilines is 1. The number of rotatable bonds is 5. The average molecular weight is 318 g/mol. The maximum Gasteiger partial charge on any atom is 0.225 e. The molecule has 1 heterocycles. The van der Waals surface area contributed by atoms with Crippen LogP contribution in [0.1, 0.15) is 23.5 Å². The molecule has 3 aromatic rings. The Balaban J connectivity index is 1.83. The van der Waals surface area contributed by atoms with E-state index in [-0.39, 0.29) is 29.4 Å². The van der Waals surface area contributed by atoms with Crippen LogP contribution in [0.5, 0.6) is 0 Å². The van der Waals surface area contributed by atoms with Crippen molar-refractivity contribution in [3.8, 4) is 0 Å². The number of pyridine rings is 1. The summed E-state index contributed by atoms with van der Waals surface area (Å²) in [5, 5.41) is 2.70. The molecule has 24 heavy (non-hydrogen) atoms. The summed E-state index contributed by atoms with van der Waals surface area (Å²) in [6, 6.07) is 21.2. The molecular weight excluding hydrogens is 300 g/mol. The van der Waals surface area contributed by atoms with Gasteiger partial charge >= 0.3 is 0 Å². The molecule has 4 nitrogen and oxygen atoms in total. The van der Waals surface area contributed by atoms with Crippen LogP contribution >= 0.6 is 0 Å². The number of aromatic amines is 1. The second kappa shape index (κ2) is 7.42. The first kappa shape index (κ1) is 15.7. The number of hydrogen-bond acceptors (Lipinski definition) is 2. The van der Waals surface area contributed by atoms with Crippen molar-refractivity contribution in [2.45, 2.75) is 12.3 Å². The summed E-state index contributed by atoms with van der Waals surface area (Å²) in [4.78, 5) is 27.0. The predicted molar refractivity (Wildman–Crippen MR) is 95.0 cm³/mol. The van der Waals surface area contributed by atoms with Crippen LogP contribution in [-0.4, -0.2) is 10.9 Å². The molecule has 3 rings (SSSR count). The fraction of sp³-hybridized carbons (Fsp3) is 0.100. The van der Waals surface area contributed by atoms with Crippen molar-refractivity contribution in [3.05, 3.63) is 100 Å². The minimum atomic E-state index is -0.210. The zero-order valence-corrected chi connectivity index (χ0v) is 13.1. The molecular formula is C20H18N2O2. The standard InChI is InChI=1S/C20H18N2O2/c23-19-11-12-21-14-18(19)22-20(24)13-17(15-7-3-1-4-8-15)16-9-5-2-6-10-16/h1-12,14,17H,13H2,(H,21,23)(H,22,24). The third-order valence-corrected chi connectivity index (χ3v) is 3.89. The third kappa shape index (κ3) is 3.79. The van der Waals surface area contributed by atoms with Crippen molar-refractivity contribution in [1.29, 1.82) is 0 Å². The van der Waals surface area contributed by atoms with Crippen LogP contribution in [0, 0.1) is 0 Å². The molecule has 2 N–H and O–H groups in total. The zero-order valence-electron chi connectivity index (χ0n) is 13.1. The summed E-state index contributed by atoms with van der Waals surface area (Å²) in [5.74, 6) is -0.250. The number of benzene rings is 2. The van der Waals surface area contributed by atoms with Crippen molar-refractivity contribution < 1.29 is 4.79 Å². The molecule has 4 heteroatoms. The van der Waals surface area contributed by atoms with Gasteiger partial charge < -0.3 is 10.3 Å². The maximum absolute atomic E-state index is 12.5. The van der Waals surface area contributed by atoms with Gasteiger partial charge in [-0.1, -0.05) is 60.7 Å². The summed E-state index contributed by atoms with van der Waals surface area (Å²) in [6.45, 7) is 0. The molecule has 1 amide bonds. The molecule has 0 radical (unpaired) electrons. The molecule has 0 atom stereocenters. The minimum absolute atomic E-state index is 0.0600. The van der Waals surface area contributed by atoms with Gasteiger partial charge in [0.25, 0.3) is 0 Å². The number of carbonyl (C=O) groups is 1. The van der Waals surface area contributed by atoms with Crippen molar-refractivity contribution in [1.82, 2.24) is 4.98 Å². The topological polar surface area (TPSA) is 62.0 Å². The first-order chi connectivity index (χ1) is 11.7. The highest BCUT2D eigenvalue weighted by atomic mass is 16.2. The summed E-state index contributed by atoms with van der Waals surface area (Å²) in [7, 11) is 0. The van der Waals surface area contributed by atoms with Gasteiger partial charge in [-0.15, -0.1) is 0 Å². The highest BCUT2D eigenvalue weighted by molar-refractivity contribution is 5.91. The normalized spacial score (nSPS) is 10.5. The van der Waals surface area contributed by atoms with Gasteiger partial charge in [-0.3, -0.25) is 9.59 Å². The number of aromatic nitrogens is 1. The Hall–Kier alpha value is -3.14. The van der Waals surface area contributed by atoms with Crippen molar-refractivity contribution in [2.24, 2.45) is 0 Å². The molecule has 120 valence electrons. The van der Waals surface area contributed by atoms with Crippen molar-refractivity contribution in [2.75, 3.05) is 5.32 Å². The van der Waals surface area contributed by atoms with Gasteiger partial charge in [0.1, 0.15) is 5.69 Å². The number of amides is 1. The average Bonchev–Trinajstić information content (AvgIpc) is 2.63. The van der Waals surface area contributed by atoms with E-state index in [1.54, 1.807) is 0 Å². The SMILES string of the molecule is O=C(CC(c1ccccc1)c1ccccc1)Nc1c[nH]ccc1=O. The number of nitrogens with one attached hydrogen (secondary N) is 2. The van der Waals surface area contributed by atoms with E-state index in [2.05, 4.69) is 10.3 Å². The molecule has 1 aromatic heterocycles. The quantitative estimate of drug-likeness (QED) is 0.756. The van der Waals surface area contributed by atoms with Gasteiger partial charge in [0.15, 0.2) is 0 Å². The lowest BCUT2D eigenvalue weighted by atomic mass is 9.88. The lowest BCUT2D eigenvalue weighted by Crippen LogP contribution is -2.20. The smallest absolute Gasteiger partial charge is 0.225 e. The van der Waals surface area contributed by atoms with E-state index in [0.29, 0.717) is 0 Å². The van der Waals surface area contributed by atoms with E-state index in [4.69, 9.17) is 0 Å². The lowest BCUT2D eigenvalue weighted by molar-refractivity contribution is -0.116. The predicted octanol–water partition coefficient (Wildman–Crippen LogP) is 3.54. The third-order valence-electron chi connectivity index (χ3n) is 3.89. The highest BCUT2D eigenvalue weighted by Gasteiger charge is 2.18. The van der Waals surface area contributed by atoms with Crippen LogP contribution in [0.3, 0.4) is 0 Å². The Labute approximate surface area is 140 Å². The summed E-state index contributed by atoms with van der Waals surface area (Å²) in [5.41, 5.74) is 2.20. The van der Waals surface area contributed by atoms with Gasteiger partial charge in [-0.25, -0.2) is 0 Å². The van der Waals surface area contributed by atoms with E-state index < -0.39 is 0 Å². The van der Waals surface area contributed by atoms with Gasteiger partial charge in [0.2, 0.25) is 11.3 Å². The first-order valence-electron chi connectivity index (χ1n) is 7.81. The molecule has 0 fully saturated rings. The Kier molecular flexibility index (Phi) is 4.87. The zero-order chi connectivity index (χ0) is 16.8. The Morgan fingerprint density at radius 1 is 0.917 bits per heavy atom. The van der Waals surface area contributed by atoms with Crippen LogP contribution in [-0.2, 0) is 4.79 Å². The van der Waals surface area contributed by atoms with E-state index in [0.717, 1.165) is 11.1 Å². The molecule has 0 aliphatic rings. The summed E-state index contributed by atoms with van der Waals surface area (Å²) >= 11 is 0. The van der Waals surface area contributed by atoms with E-state index >= 15 is 0 Å². The molecule has 0 saturated heterocycles. The molecule has 0 saturated carbocycles. The second-order valence-electron chi connectivity index (χ2n) is 5.55. The van der Waals surface area contributed by atoms with Crippen LogP contribution in [0.15, 0.2) is 83.9 Å². The maximum atomic E-state index is 12.5. The fourth-order valence-electron chi connectivity index (χ4n) is 2.70. The van der Waals surface area contributed by atoms with Crippen molar-refractivity contribution in [3.63, 3.8) is 0 Å². The highest BCUT2D eigenvalue weighted by Crippen LogP contribution is 2.28. The van der Waals surface area contributed by atoms with Crippen LogP contribution < -0.4 is 10.7 Å². The molecule has 0 spiro atoms. The lowest BCUT2D eigenvalue weighted by Gasteiger charge is -2.17. The number of H-pyrrole nitrogens is 1. The Bertz CT molecular complexity index is 818.